The van der Waals surface area contributed by atoms with Gasteiger partial charge in [0.2, 0.25) is 0 Å². The number of aromatic nitrogens is 2. The number of aryl methyl sites for hydroxylation is 1. The van der Waals surface area contributed by atoms with E-state index in [2.05, 4.69) is 28.2 Å². The summed E-state index contributed by atoms with van der Waals surface area (Å²) < 4.78 is 0. The van der Waals surface area contributed by atoms with E-state index < -0.39 is 0 Å². The quantitative estimate of drug-likeness (QED) is 0.677. The molecule has 1 aliphatic rings. The first-order valence-electron chi connectivity index (χ1n) is 7.20. The Balaban J connectivity index is 1.91. The molecule has 0 amide bonds. The highest BCUT2D eigenvalue weighted by atomic mass is 16.1. The lowest BCUT2D eigenvalue weighted by Gasteiger charge is -2.14. The molecule has 0 N–H and O–H groups in total. The SMILES string of the molecule is O=C1CCCc2nc(-c3cccc4ccccc34)ncc21. The first kappa shape index (κ1) is 12.2. The van der Waals surface area contributed by atoms with Crippen molar-refractivity contribution in [2.24, 2.45) is 0 Å². The average Bonchev–Trinajstić information content (AvgIpc) is 2.54. The van der Waals surface area contributed by atoms with Crippen LogP contribution in [0.15, 0.2) is 48.7 Å². The maximum Gasteiger partial charge on any atom is 0.166 e. The van der Waals surface area contributed by atoms with Gasteiger partial charge < -0.3 is 0 Å². The summed E-state index contributed by atoms with van der Waals surface area (Å²) in [7, 11) is 0. The Kier molecular flexibility index (Phi) is 2.78. The molecule has 0 saturated carbocycles. The van der Waals surface area contributed by atoms with Crippen LogP contribution in [0.5, 0.6) is 0 Å². The number of ketones is 1. The van der Waals surface area contributed by atoms with Gasteiger partial charge in [-0.05, 0) is 23.6 Å². The lowest BCUT2D eigenvalue weighted by Crippen LogP contribution is -2.13. The maximum absolute atomic E-state index is 11.9. The van der Waals surface area contributed by atoms with E-state index in [0.717, 1.165) is 29.5 Å². The van der Waals surface area contributed by atoms with E-state index in [1.165, 1.54) is 5.39 Å². The van der Waals surface area contributed by atoms with Gasteiger partial charge in [0.25, 0.3) is 0 Å². The Morgan fingerprint density at radius 2 is 1.76 bits per heavy atom. The summed E-state index contributed by atoms with van der Waals surface area (Å²) in [4.78, 5) is 20.9. The van der Waals surface area contributed by atoms with Gasteiger partial charge in [-0.15, -0.1) is 0 Å². The van der Waals surface area contributed by atoms with Crippen molar-refractivity contribution in [2.75, 3.05) is 0 Å². The Labute approximate surface area is 122 Å². The third kappa shape index (κ3) is 2.02. The van der Waals surface area contributed by atoms with Crippen LogP contribution in [0.4, 0.5) is 0 Å². The molecule has 102 valence electrons. The second-order valence-electron chi connectivity index (χ2n) is 5.36. The summed E-state index contributed by atoms with van der Waals surface area (Å²) in [6, 6.07) is 14.4. The number of carbonyl (C=O) groups excluding carboxylic acids is 1. The first-order valence-corrected chi connectivity index (χ1v) is 7.20. The molecule has 1 heterocycles. The van der Waals surface area contributed by atoms with Gasteiger partial charge in [-0.25, -0.2) is 9.97 Å². The van der Waals surface area contributed by atoms with Gasteiger partial charge in [-0.3, -0.25) is 4.79 Å². The predicted octanol–water partition coefficient (Wildman–Crippen LogP) is 3.82. The zero-order valence-electron chi connectivity index (χ0n) is 11.5. The molecule has 3 aromatic rings. The van der Waals surface area contributed by atoms with Crippen LogP contribution in [0, 0.1) is 0 Å². The van der Waals surface area contributed by atoms with Crippen molar-refractivity contribution < 1.29 is 4.79 Å². The van der Waals surface area contributed by atoms with E-state index in [9.17, 15) is 4.79 Å². The van der Waals surface area contributed by atoms with Crippen LogP contribution >= 0.6 is 0 Å². The van der Waals surface area contributed by atoms with Gasteiger partial charge in [0, 0.05) is 18.2 Å². The van der Waals surface area contributed by atoms with Crippen molar-refractivity contribution in [1.29, 1.82) is 0 Å². The topological polar surface area (TPSA) is 42.9 Å². The summed E-state index contributed by atoms with van der Waals surface area (Å²) in [6.07, 6.45) is 4.06. The fourth-order valence-corrected chi connectivity index (χ4v) is 2.94. The molecule has 0 radical (unpaired) electrons. The third-order valence-corrected chi connectivity index (χ3v) is 4.02. The van der Waals surface area contributed by atoms with Gasteiger partial charge in [0.1, 0.15) is 0 Å². The van der Waals surface area contributed by atoms with Crippen LogP contribution < -0.4 is 0 Å². The lowest BCUT2D eigenvalue weighted by atomic mass is 9.96. The van der Waals surface area contributed by atoms with Crippen LogP contribution in [0.2, 0.25) is 0 Å². The summed E-state index contributed by atoms with van der Waals surface area (Å²) in [5, 5.41) is 2.31. The minimum atomic E-state index is 0.167. The van der Waals surface area contributed by atoms with E-state index >= 15 is 0 Å². The van der Waals surface area contributed by atoms with Gasteiger partial charge in [0.15, 0.2) is 11.6 Å². The van der Waals surface area contributed by atoms with Crippen LogP contribution in [-0.2, 0) is 6.42 Å². The number of nitrogens with zero attached hydrogens (tertiary/aromatic N) is 2. The maximum atomic E-state index is 11.9. The van der Waals surface area contributed by atoms with E-state index in [0.29, 0.717) is 17.8 Å². The van der Waals surface area contributed by atoms with Crippen molar-refractivity contribution in [3.63, 3.8) is 0 Å². The minimum Gasteiger partial charge on any atom is -0.294 e. The highest BCUT2D eigenvalue weighted by Crippen LogP contribution is 2.28. The predicted molar refractivity (Wildman–Crippen MR) is 82.2 cm³/mol. The molecule has 0 saturated heterocycles. The molecular formula is C18H14N2O. The Bertz CT molecular complexity index is 849. The Hall–Kier alpha value is -2.55. The standard InChI is InChI=1S/C18H14N2O/c21-17-10-4-9-16-15(17)11-19-18(20-16)14-8-3-6-12-5-1-2-7-13(12)14/h1-3,5-8,11H,4,9-10H2. The monoisotopic (exact) mass is 274 g/mol. The molecule has 3 nitrogen and oxygen atoms in total. The van der Waals surface area contributed by atoms with Crippen LogP contribution in [0.25, 0.3) is 22.2 Å². The second-order valence-corrected chi connectivity index (χ2v) is 5.36. The highest BCUT2D eigenvalue weighted by molar-refractivity contribution is 5.98. The van der Waals surface area contributed by atoms with Crippen molar-refractivity contribution >= 4 is 16.6 Å². The van der Waals surface area contributed by atoms with Gasteiger partial charge in [-0.1, -0.05) is 42.5 Å². The first-order chi connectivity index (χ1) is 10.3. The summed E-state index contributed by atoms with van der Waals surface area (Å²) >= 11 is 0. The highest BCUT2D eigenvalue weighted by Gasteiger charge is 2.20. The smallest absolute Gasteiger partial charge is 0.166 e. The summed E-state index contributed by atoms with van der Waals surface area (Å²) in [6.45, 7) is 0. The average molecular weight is 274 g/mol. The number of Topliss-reactive ketones (excluding diaryl/α,β-unsaturated/α-hetero) is 1. The van der Waals surface area contributed by atoms with E-state index in [4.69, 9.17) is 0 Å². The largest absolute Gasteiger partial charge is 0.294 e. The summed E-state index contributed by atoms with van der Waals surface area (Å²) in [5.74, 6) is 0.876. The molecule has 1 aliphatic carbocycles. The number of benzene rings is 2. The third-order valence-electron chi connectivity index (χ3n) is 4.02. The summed E-state index contributed by atoms with van der Waals surface area (Å²) in [5.41, 5.74) is 2.61. The number of carbonyl (C=O) groups is 1. The molecule has 21 heavy (non-hydrogen) atoms. The van der Waals surface area contributed by atoms with Gasteiger partial charge in [-0.2, -0.15) is 0 Å². The number of hydrogen-bond donors (Lipinski definition) is 0. The van der Waals surface area contributed by atoms with E-state index in [1.807, 2.05) is 24.3 Å². The number of rotatable bonds is 1. The van der Waals surface area contributed by atoms with Gasteiger partial charge >= 0.3 is 0 Å². The lowest BCUT2D eigenvalue weighted by molar-refractivity contribution is 0.0971. The fourth-order valence-electron chi connectivity index (χ4n) is 2.94. The normalized spacial score (nSPS) is 14.2. The van der Waals surface area contributed by atoms with Crippen LogP contribution in [0.3, 0.4) is 0 Å². The minimum absolute atomic E-state index is 0.167. The molecule has 0 fully saturated rings. The molecule has 0 bridgehead atoms. The Morgan fingerprint density at radius 3 is 2.71 bits per heavy atom. The second kappa shape index (κ2) is 4.77. The fraction of sp³-hybridized carbons (Fsp3) is 0.167. The molecule has 0 spiro atoms. The van der Waals surface area contributed by atoms with Crippen molar-refractivity contribution in [2.45, 2.75) is 19.3 Å². The molecular weight excluding hydrogens is 260 g/mol. The van der Waals surface area contributed by atoms with E-state index in [1.54, 1.807) is 6.20 Å². The zero-order valence-corrected chi connectivity index (χ0v) is 11.5. The number of fused-ring (bicyclic) bond motifs is 2. The zero-order chi connectivity index (χ0) is 14.2. The van der Waals surface area contributed by atoms with E-state index in [-0.39, 0.29) is 5.78 Å². The van der Waals surface area contributed by atoms with Crippen LogP contribution in [0.1, 0.15) is 28.9 Å². The molecule has 4 rings (SSSR count). The molecule has 0 unspecified atom stereocenters. The molecule has 3 heteroatoms. The van der Waals surface area contributed by atoms with Crippen molar-refractivity contribution in [1.82, 2.24) is 9.97 Å². The molecule has 2 aromatic carbocycles. The number of hydrogen-bond acceptors (Lipinski definition) is 3. The molecule has 0 atom stereocenters. The Morgan fingerprint density at radius 1 is 0.905 bits per heavy atom. The van der Waals surface area contributed by atoms with Crippen LogP contribution in [-0.4, -0.2) is 15.8 Å². The molecule has 1 aromatic heterocycles. The van der Waals surface area contributed by atoms with Gasteiger partial charge in [0.05, 0.1) is 11.3 Å². The van der Waals surface area contributed by atoms with Crippen molar-refractivity contribution in [3.8, 4) is 11.4 Å². The molecule has 0 aliphatic heterocycles. The van der Waals surface area contributed by atoms with Crippen molar-refractivity contribution in [3.05, 3.63) is 59.9 Å².